The Morgan fingerprint density at radius 1 is 0.912 bits per heavy atom. The second-order valence-corrected chi connectivity index (χ2v) is 8.53. The van der Waals surface area contributed by atoms with Crippen LogP contribution in [0.15, 0.2) is 84.9 Å². The van der Waals surface area contributed by atoms with Crippen molar-refractivity contribution in [2.75, 3.05) is 7.11 Å². The number of methoxy groups -OCH3 is 1. The molecule has 34 heavy (non-hydrogen) atoms. The predicted octanol–water partition coefficient (Wildman–Crippen LogP) is 6.12. The third-order valence-corrected chi connectivity index (χ3v) is 5.76. The zero-order valence-corrected chi connectivity index (χ0v) is 20.1. The summed E-state index contributed by atoms with van der Waals surface area (Å²) in [6.45, 7) is 6.52. The number of benzene rings is 2. The average molecular weight is 462 g/mol. The molecule has 0 amide bonds. The first-order valence-corrected chi connectivity index (χ1v) is 11.4. The largest absolute Gasteiger partial charge is 0.483 e. The van der Waals surface area contributed by atoms with Crippen LogP contribution in [0.5, 0.6) is 11.6 Å². The summed E-state index contributed by atoms with van der Waals surface area (Å²) in [4.78, 5) is 4.40. The van der Waals surface area contributed by atoms with Crippen molar-refractivity contribution in [3.8, 4) is 11.6 Å². The van der Waals surface area contributed by atoms with Gasteiger partial charge in [0.25, 0.3) is 5.88 Å². The van der Waals surface area contributed by atoms with E-state index >= 15 is 0 Å². The molecule has 2 aromatic carbocycles. The number of hydrogen-bond acceptors (Lipinski definition) is 6. The van der Waals surface area contributed by atoms with Gasteiger partial charge in [-0.1, -0.05) is 67.6 Å². The molecule has 0 bridgehead atoms. The standard InChI is InChI=1S/C28H31NO5/c1-5-28(24-20-32-27(2,3)34-24,33-19-22-14-10-7-11-15-22)23-16-17-29-26(30-4)25(23)31-18-21-12-8-6-9-13-21/h6-17,20H,5,18-19H2,1-4H3. The van der Waals surface area contributed by atoms with Crippen LogP contribution in [0, 0.1) is 0 Å². The minimum Gasteiger partial charge on any atom is -0.483 e. The van der Waals surface area contributed by atoms with Crippen molar-refractivity contribution in [1.82, 2.24) is 4.98 Å². The van der Waals surface area contributed by atoms with Crippen LogP contribution in [0.1, 0.15) is 43.9 Å². The maximum Gasteiger partial charge on any atom is 0.257 e. The number of aromatic nitrogens is 1. The van der Waals surface area contributed by atoms with Crippen LogP contribution in [-0.2, 0) is 33.0 Å². The molecular weight excluding hydrogens is 430 g/mol. The van der Waals surface area contributed by atoms with Crippen LogP contribution in [-0.4, -0.2) is 17.9 Å². The zero-order valence-electron chi connectivity index (χ0n) is 20.1. The van der Waals surface area contributed by atoms with Crippen molar-refractivity contribution in [2.45, 2.75) is 51.8 Å². The van der Waals surface area contributed by atoms with Gasteiger partial charge in [0.15, 0.2) is 17.1 Å². The number of pyridine rings is 1. The van der Waals surface area contributed by atoms with E-state index in [1.807, 2.05) is 87.5 Å². The average Bonchev–Trinajstić information content (AvgIpc) is 3.24. The van der Waals surface area contributed by atoms with Crippen LogP contribution in [0.2, 0.25) is 0 Å². The molecule has 0 saturated carbocycles. The predicted molar refractivity (Wildman–Crippen MR) is 129 cm³/mol. The van der Waals surface area contributed by atoms with Gasteiger partial charge in [-0.3, -0.25) is 0 Å². The van der Waals surface area contributed by atoms with Crippen LogP contribution in [0.25, 0.3) is 0 Å². The van der Waals surface area contributed by atoms with Gasteiger partial charge in [-0.2, -0.15) is 0 Å². The Balaban J connectivity index is 1.77. The molecule has 0 radical (unpaired) electrons. The van der Waals surface area contributed by atoms with E-state index in [0.717, 1.165) is 16.7 Å². The fourth-order valence-electron chi connectivity index (χ4n) is 3.98. The third-order valence-electron chi connectivity index (χ3n) is 5.76. The molecule has 1 aliphatic rings. The smallest absolute Gasteiger partial charge is 0.257 e. The molecule has 3 aromatic rings. The molecule has 178 valence electrons. The Bertz CT molecular complexity index is 1110. The lowest BCUT2D eigenvalue weighted by Crippen LogP contribution is -2.35. The Labute approximate surface area is 201 Å². The van der Waals surface area contributed by atoms with Gasteiger partial charge in [0.2, 0.25) is 5.79 Å². The normalized spacial score (nSPS) is 16.1. The molecule has 4 rings (SSSR count). The molecule has 0 saturated heterocycles. The van der Waals surface area contributed by atoms with E-state index in [4.69, 9.17) is 23.7 Å². The van der Waals surface area contributed by atoms with Crippen molar-refractivity contribution < 1.29 is 23.7 Å². The van der Waals surface area contributed by atoms with Crippen molar-refractivity contribution in [1.29, 1.82) is 0 Å². The highest BCUT2D eigenvalue weighted by atomic mass is 16.7. The molecule has 6 nitrogen and oxygen atoms in total. The Morgan fingerprint density at radius 2 is 1.56 bits per heavy atom. The van der Waals surface area contributed by atoms with Gasteiger partial charge in [0, 0.05) is 25.6 Å². The minimum absolute atomic E-state index is 0.357. The summed E-state index contributed by atoms with van der Waals surface area (Å²) in [7, 11) is 1.58. The molecule has 1 aliphatic heterocycles. The second kappa shape index (κ2) is 10.2. The summed E-state index contributed by atoms with van der Waals surface area (Å²) in [5.41, 5.74) is 1.87. The summed E-state index contributed by atoms with van der Waals surface area (Å²) < 4.78 is 30.7. The highest BCUT2D eigenvalue weighted by Crippen LogP contribution is 2.48. The van der Waals surface area contributed by atoms with Crippen molar-refractivity contribution in [3.05, 3.63) is 102 Å². The van der Waals surface area contributed by atoms with E-state index in [1.54, 1.807) is 19.6 Å². The van der Waals surface area contributed by atoms with Crippen LogP contribution in [0.4, 0.5) is 0 Å². The van der Waals surface area contributed by atoms with Crippen LogP contribution in [0.3, 0.4) is 0 Å². The monoisotopic (exact) mass is 461 g/mol. The number of rotatable bonds is 10. The maximum absolute atomic E-state index is 6.68. The molecule has 1 aromatic heterocycles. The Morgan fingerprint density at radius 3 is 2.12 bits per heavy atom. The van der Waals surface area contributed by atoms with Gasteiger partial charge >= 0.3 is 0 Å². The van der Waals surface area contributed by atoms with Gasteiger partial charge in [0.1, 0.15) is 12.9 Å². The van der Waals surface area contributed by atoms with Crippen molar-refractivity contribution in [2.24, 2.45) is 0 Å². The van der Waals surface area contributed by atoms with Gasteiger partial charge in [-0.05, 0) is 23.6 Å². The summed E-state index contributed by atoms with van der Waals surface area (Å²) in [6, 6.07) is 21.9. The third kappa shape index (κ3) is 5.02. The van der Waals surface area contributed by atoms with Crippen molar-refractivity contribution >= 4 is 0 Å². The first-order valence-electron chi connectivity index (χ1n) is 11.4. The maximum atomic E-state index is 6.68. The van der Waals surface area contributed by atoms with E-state index < -0.39 is 11.4 Å². The quantitative estimate of drug-likeness (QED) is 0.363. The summed E-state index contributed by atoms with van der Waals surface area (Å²) in [5, 5.41) is 0. The van der Waals surface area contributed by atoms with Gasteiger partial charge < -0.3 is 23.7 Å². The minimum atomic E-state index is -0.980. The molecule has 1 atom stereocenters. The first kappa shape index (κ1) is 23.6. The summed E-state index contributed by atoms with van der Waals surface area (Å²) in [5.74, 6) is 0.675. The number of ether oxygens (including phenoxy) is 5. The second-order valence-electron chi connectivity index (χ2n) is 8.53. The lowest BCUT2D eigenvalue weighted by atomic mass is 9.88. The summed E-state index contributed by atoms with van der Waals surface area (Å²) >= 11 is 0. The highest BCUT2D eigenvalue weighted by Gasteiger charge is 2.46. The fourth-order valence-corrected chi connectivity index (χ4v) is 3.98. The molecule has 0 aliphatic carbocycles. The van der Waals surface area contributed by atoms with E-state index in [0.29, 0.717) is 37.0 Å². The van der Waals surface area contributed by atoms with Gasteiger partial charge in [-0.25, -0.2) is 4.98 Å². The summed E-state index contributed by atoms with van der Waals surface area (Å²) in [6.07, 6.45) is 3.91. The Hall–Kier alpha value is -3.51. The number of hydrogen-bond donors (Lipinski definition) is 0. The molecular formula is C28H31NO5. The lowest BCUT2D eigenvalue weighted by Gasteiger charge is -2.35. The Kier molecular flexibility index (Phi) is 7.08. The zero-order chi connectivity index (χ0) is 24.0. The van der Waals surface area contributed by atoms with Gasteiger partial charge in [0.05, 0.1) is 13.7 Å². The molecule has 6 heteroatoms. The number of nitrogens with zero attached hydrogens (tertiary/aromatic N) is 1. The molecule has 0 spiro atoms. The molecule has 2 heterocycles. The van der Waals surface area contributed by atoms with E-state index in [-0.39, 0.29) is 0 Å². The first-order chi connectivity index (χ1) is 16.5. The van der Waals surface area contributed by atoms with E-state index in [9.17, 15) is 0 Å². The van der Waals surface area contributed by atoms with Crippen LogP contribution < -0.4 is 9.47 Å². The molecule has 1 unspecified atom stereocenters. The molecule has 0 N–H and O–H groups in total. The fraction of sp³-hybridized carbons (Fsp3) is 0.321. The van der Waals surface area contributed by atoms with Gasteiger partial charge in [-0.15, -0.1) is 0 Å². The molecule has 0 fully saturated rings. The van der Waals surface area contributed by atoms with Crippen molar-refractivity contribution in [3.63, 3.8) is 0 Å². The SMILES string of the molecule is CCC(OCc1ccccc1)(C1=COC(C)(C)O1)c1ccnc(OC)c1OCc1ccccc1. The van der Waals surface area contributed by atoms with E-state index in [2.05, 4.69) is 4.98 Å². The lowest BCUT2D eigenvalue weighted by molar-refractivity contribution is -0.150. The topological polar surface area (TPSA) is 59.0 Å². The van der Waals surface area contributed by atoms with E-state index in [1.165, 1.54) is 0 Å². The van der Waals surface area contributed by atoms with Crippen LogP contribution >= 0.6 is 0 Å². The highest BCUT2D eigenvalue weighted by molar-refractivity contribution is 5.48.